The third-order valence-corrected chi connectivity index (χ3v) is 3.89. The van der Waals surface area contributed by atoms with E-state index in [-0.39, 0.29) is 11.8 Å². The largest absolute Gasteiger partial charge is 0.481 e. The number of aliphatic carboxylic acids is 1. The Hall–Kier alpha value is -1.22. The number of halogens is 1. The van der Waals surface area contributed by atoms with Gasteiger partial charge in [0.15, 0.2) is 0 Å². The van der Waals surface area contributed by atoms with E-state index in [9.17, 15) is 4.79 Å². The Kier molecular flexibility index (Phi) is 3.81. The number of anilines is 1. The van der Waals surface area contributed by atoms with Gasteiger partial charge in [0.1, 0.15) is 0 Å². The highest BCUT2D eigenvalue weighted by atomic mass is 35.5. The lowest BCUT2D eigenvalue weighted by molar-refractivity contribution is -0.141. The number of carboxylic acid groups (broad SMARTS) is 1. The summed E-state index contributed by atoms with van der Waals surface area (Å²) in [6, 6.07) is 5.91. The number of nitrogens with zero attached hydrogens (tertiary/aromatic N) is 1. The molecule has 0 bridgehead atoms. The summed E-state index contributed by atoms with van der Waals surface area (Å²) in [6.45, 7) is 5.71. The van der Waals surface area contributed by atoms with Crippen LogP contribution in [-0.4, -0.2) is 24.2 Å². The minimum Gasteiger partial charge on any atom is -0.481 e. The molecule has 3 nitrogen and oxygen atoms in total. The molecule has 2 rings (SSSR count). The van der Waals surface area contributed by atoms with Crippen LogP contribution in [0.4, 0.5) is 5.69 Å². The summed E-state index contributed by atoms with van der Waals surface area (Å²) in [5.74, 6) is -0.781. The van der Waals surface area contributed by atoms with E-state index in [1.165, 1.54) is 11.3 Å². The molecule has 98 valence electrons. The number of benzene rings is 1. The van der Waals surface area contributed by atoms with Crippen molar-refractivity contribution in [3.05, 3.63) is 28.8 Å². The number of hydrogen-bond donors (Lipinski definition) is 1. The molecule has 0 aromatic heterocycles. The Morgan fingerprint density at radius 1 is 1.61 bits per heavy atom. The highest BCUT2D eigenvalue weighted by molar-refractivity contribution is 6.30. The quantitative estimate of drug-likeness (QED) is 0.909. The van der Waals surface area contributed by atoms with Crippen LogP contribution in [0.2, 0.25) is 5.02 Å². The van der Waals surface area contributed by atoms with Gasteiger partial charge in [-0.05, 0) is 37.1 Å². The lowest BCUT2D eigenvalue weighted by Gasteiger charge is -2.17. The Labute approximate surface area is 112 Å². The molecule has 0 saturated heterocycles. The minimum absolute atomic E-state index is 0.268. The number of rotatable bonds is 4. The summed E-state index contributed by atoms with van der Waals surface area (Å²) in [5, 5.41) is 9.75. The highest BCUT2D eigenvalue weighted by Crippen LogP contribution is 2.40. The van der Waals surface area contributed by atoms with Crippen molar-refractivity contribution in [1.82, 2.24) is 0 Å². The average molecular weight is 268 g/mol. The van der Waals surface area contributed by atoms with Gasteiger partial charge in [0.05, 0.1) is 5.92 Å². The van der Waals surface area contributed by atoms with Crippen molar-refractivity contribution in [1.29, 1.82) is 0 Å². The molecule has 1 heterocycles. The van der Waals surface area contributed by atoms with Crippen molar-refractivity contribution in [3.8, 4) is 0 Å². The Balaban J connectivity index is 2.25. The molecule has 0 saturated carbocycles. The molecule has 2 atom stereocenters. The predicted molar refractivity (Wildman–Crippen MR) is 73.5 cm³/mol. The average Bonchev–Trinajstić information content (AvgIpc) is 2.66. The first kappa shape index (κ1) is 13.2. The van der Waals surface area contributed by atoms with E-state index in [0.29, 0.717) is 6.42 Å². The van der Waals surface area contributed by atoms with E-state index in [1.807, 2.05) is 18.2 Å². The molecule has 0 fully saturated rings. The maximum Gasteiger partial charge on any atom is 0.306 e. The minimum atomic E-state index is -0.728. The number of fused-ring (bicyclic) bond motifs is 1. The summed E-state index contributed by atoms with van der Waals surface area (Å²) in [4.78, 5) is 13.3. The van der Waals surface area contributed by atoms with E-state index in [4.69, 9.17) is 16.7 Å². The number of likely N-dealkylation sites (N-methyl/N-ethyl adjacent to an activating group) is 1. The molecular formula is C14H18ClNO2. The Morgan fingerprint density at radius 2 is 2.33 bits per heavy atom. The van der Waals surface area contributed by atoms with Gasteiger partial charge in [-0.25, -0.2) is 0 Å². The molecular weight excluding hydrogens is 250 g/mol. The molecule has 2 unspecified atom stereocenters. The topological polar surface area (TPSA) is 40.5 Å². The molecule has 1 aromatic carbocycles. The summed E-state index contributed by atoms with van der Waals surface area (Å²) in [6.07, 6.45) is 0.666. The SMILES string of the molecule is CCN1CC(CC(C)C(=O)O)c2cc(Cl)ccc21. The molecule has 0 radical (unpaired) electrons. The molecule has 1 aromatic rings. The fourth-order valence-electron chi connectivity index (χ4n) is 2.63. The zero-order chi connectivity index (χ0) is 13.3. The van der Waals surface area contributed by atoms with E-state index < -0.39 is 5.97 Å². The Bertz CT molecular complexity index is 461. The van der Waals surface area contributed by atoms with E-state index >= 15 is 0 Å². The zero-order valence-electron chi connectivity index (χ0n) is 10.7. The Morgan fingerprint density at radius 3 is 2.94 bits per heavy atom. The van der Waals surface area contributed by atoms with Crippen molar-refractivity contribution in [3.63, 3.8) is 0 Å². The molecule has 1 aliphatic heterocycles. The first-order valence-electron chi connectivity index (χ1n) is 6.30. The molecule has 0 aliphatic carbocycles. The molecule has 4 heteroatoms. The van der Waals surface area contributed by atoms with Gasteiger partial charge in [-0.2, -0.15) is 0 Å². The van der Waals surface area contributed by atoms with Crippen molar-refractivity contribution < 1.29 is 9.90 Å². The molecule has 1 N–H and O–H groups in total. The van der Waals surface area contributed by atoms with Crippen LogP contribution >= 0.6 is 11.6 Å². The van der Waals surface area contributed by atoms with Crippen LogP contribution in [-0.2, 0) is 4.79 Å². The lowest BCUT2D eigenvalue weighted by Crippen LogP contribution is -2.22. The second kappa shape index (κ2) is 5.19. The van der Waals surface area contributed by atoms with Gasteiger partial charge in [-0.3, -0.25) is 4.79 Å². The standard InChI is InChI=1S/C14H18ClNO2/c1-3-16-8-10(6-9(2)14(17)18)12-7-11(15)4-5-13(12)16/h4-5,7,9-10H,3,6,8H2,1-2H3,(H,17,18). The number of carbonyl (C=O) groups is 1. The van der Waals surface area contributed by atoms with E-state index in [1.54, 1.807) is 6.92 Å². The monoisotopic (exact) mass is 267 g/mol. The van der Waals surface area contributed by atoms with Crippen LogP contribution in [0.1, 0.15) is 31.7 Å². The van der Waals surface area contributed by atoms with Crippen molar-refractivity contribution in [2.45, 2.75) is 26.2 Å². The van der Waals surface area contributed by atoms with E-state index in [0.717, 1.165) is 18.1 Å². The van der Waals surface area contributed by atoms with Gasteiger partial charge in [0.25, 0.3) is 0 Å². The van der Waals surface area contributed by atoms with Gasteiger partial charge < -0.3 is 10.0 Å². The maximum absolute atomic E-state index is 11.0. The first-order valence-corrected chi connectivity index (χ1v) is 6.68. The number of hydrogen-bond acceptors (Lipinski definition) is 2. The van der Waals surface area contributed by atoms with Gasteiger partial charge in [0.2, 0.25) is 0 Å². The second-order valence-electron chi connectivity index (χ2n) is 4.91. The van der Waals surface area contributed by atoms with Gasteiger partial charge in [-0.15, -0.1) is 0 Å². The third kappa shape index (κ3) is 2.46. The molecule has 1 aliphatic rings. The summed E-state index contributed by atoms with van der Waals surface area (Å²) in [5.41, 5.74) is 2.39. The number of carboxylic acids is 1. The van der Waals surface area contributed by atoms with Crippen LogP contribution < -0.4 is 4.90 Å². The maximum atomic E-state index is 11.0. The summed E-state index contributed by atoms with van der Waals surface area (Å²) < 4.78 is 0. The zero-order valence-corrected chi connectivity index (χ0v) is 11.4. The van der Waals surface area contributed by atoms with Crippen LogP contribution in [0.3, 0.4) is 0 Å². The smallest absolute Gasteiger partial charge is 0.306 e. The highest BCUT2D eigenvalue weighted by Gasteiger charge is 2.30. The molecule has 0 spiro atoms. The third-order valence-electron chi connectivity index (χ3n) is 3.65. The summed E-state index contributed by atoms with van der Waals surface area (Å²) in [7, 11) is 0. The van der Waals surface area contributed by atoms with Gasteiger partial charge in [-0.1, -0.05) is 18.5 Å². The lowest BCUT2D eigenvalue weighted by atomic mass is 9.91. The summed E-state index contributed by atoms with van der Waals surface area (Å²) >= 11 is 6.04. The van der Waals surface area contributed by atoms with Crippen LogP contribution in [0.25, 0.3) is 0 Å². The van der Waals surface area contributed by atoms with E-state index in [2.05, 4.69) is 11.8 Å². The van der Waals surface area contributed by atoms with Gasteiger partial charge in [0, 0.05) is 29.7 Å². The van der Waals surface area contributed by atoms with Crippen molar-refractivity contribution in [2.24, 2.45) is 5.92 Å². The van der Waals surface area contributed by atoms with Crippen LogP contribution in [0.5, 0.6) is 0 Å². The van der Waals surface area contributed by atoms with Crippen LogP contribution in [0, 0.1) is 5.92 Å². The van der Waals surface area contributed by atoms with Gasteiger partial charge >= 0.3 is 5.97 Å². The van der Waals surface area contributed by atoms with Crippen molar-refractivity contribution in [2.75, 3.05) is 18.0 Å². The normalized spacial score (nSPS) is 19.7. The predicted octanol–water partition coefficient (Wildman–Crippen LogP) is 3.37. The second-order valence-corrected chi connectivity index (χ2v) is 5.35. The molecule has 18 heavy (non-hydrogen) atoms. The first-order chi connectivity index (χ1) is 8.52. The van der Waals surface area contributed by atoms with Crippen molar-refractivity contribution >= 4 is 23.3 Å². The fraction of sp³-hybridized carbons (Fsp3) is 0.500. The molecule has 0 amide bonds. The van der Waals surface area contributed by atoms with Crippen LogP contribution in [0.15, 0.2) is 18.2 Å². The fourth-order valence-corrected chi connectivity index (χ4v) is 2.81.